The first kappa shape index (κ1) is 11.0. The number of allylic oxidation sites excluding steroid dienone is 8. The second-order valence-electron chi connectivity index (χ2n) is 4.19. The molecule has 0 nitrogen and oxygen atoms in total. The van der Waals surface area contributed by atoms with Crippen LogP contribution in [0.5, 0.6) is 0 Å². The largest absolute Gasteiger partial charge is 0.0871 e. The Bertz CT molecular complexity index is 318. The van der Waals surface area contributed by atoms with Crippen molar-refractivity contribution in [3.63, 3.8) is 0 Å². The fraction of sp³-hybridized carbons (Fsp3) is 0.429. The zero-order chi connectivity index (χ0) is 10.6. The van der Waals surface area contributed by atoms with Crippen LogP contribution in [0.25, 0.3) is 0 Å². The van der Waals surface area contributed by atoms with Gasteiger partial charge in [-0.25, -0.2) is 0 Å². The standard InChI is InChI=1S/C14H20/c1-5-6-13-10-12(4)7-8-14(13)9-11(2)3/h5-6,9-10H,7-8H2,1-4H3/b6-5-. The van der Waals surface area contributed by atoms with Crippen LogP contribution >= 0.6 is 0 Å². The smallest absolute Gasteiger partial charge is 0.0228 e. The van der Waals surface area contributed by atoms with Crippen LogP contribution in [0, 0.1) is 0 Å². The van der Waals surface area contributed by atoms with E-state index in [1.807, 2.05) is 0 Å². The van der Waals surface area contributed by atoms with Gasteiger partial charge in [0.05, 0.1) is 0 Å². The monoisotopic (exact) mass is 188 g/mol. The summed E-state index contributed by atoms with van der Waals surface area (Å²) in [5, 5.41) is 0. The lowest BCUT2D eigenvalue weighted by atomic mass is 9.91. The Morgan fingerprint density at radius 2 is 2.00 bits per heavy atom. The van der Waals surface area contributed by atoms with Gasteiger partial charge < -0.3 is 0 Å². The SMILES string of the molecule is C/C=C\C1=C(C=C(C)C)CCC(C)=C1. The lowest BCUT2D eigenvalue weighted by Gasteiger charge is -2.14. The van der Waals surface area contributed by atoms with E-state index in [4.69, 9.17) is 0 Å². The Morgan fingerprint density at radius 1 is 1.29 bits per heavy atom. The molecule has 14 heavy (non-hydrogen) atoms. The van der Waals surface area contributed by atoms with E-state index < -0.39 is 0 Å². The minimum Gasteiger partial charge on any atom is -0.0871 e. The first-order chi connectivity index (χ1) is 6.63. The van der Waals surface area contributed by atoms with Crippen LogP contribution in [0.4, 0.5) is 0 Å². The fourth-order valence-electron chi connectivity index (χ4n) is 1.75. The topological polar surface area (TPSA) is 0 Å². The average molecular weight is 188 g/mol. The van der Waals surface area contributed by atoms with E-state index in [2.05, 4.69) is 52.0 Å². The molecule has 1 aliphatic rings. The van der Waals surface area contributed by atoms with Crippen molar-refractivity contribution in [2.75, 3.05) is 0 Å². The van der Waals surface area contributed by atoms with Crippen LogP contribution in [0.3, 0.4) is 0 Å². The molecule has 1 rings (SSSR count). The summed E-state index contributed by atoms with van der Waals surface area (Å²) in [5.74, 6) is 0. The molecule has 0 saturated heterocycles. The van der Waals surface area contributed by atoms with Crippen LogP contribution < -0.4 is 0 Å². The van der Waals surface area contributed by atoms with Gasteiger partial charge in [-0.1, -0.05) is 35.5 Å². The zero-order valence-electron chi connectivity index (χ0n) is 9.72. The van der Waals surface area contributed by atoms with E-state index in [-0.39, 0.29) is 0 Å². The van der Waals surface area contributed by atoms with E-state index in [1.165, 1.54) is 35.1 Å². The van der Waals surface area contributed by atoms with Crippen LogP contribution in [-0.4, -0.2) is 0 Å². The maximum absolute atomic E-state index is 2.30. The van der Waals surface area contributed by atoms with E-state index in [9.17, 15) is 0 Å². The third-order valence-electron chi connectivity index (χ3n) is 2.37. The summed E-state index contributed by atoms with van der Waals surface area (Å²) < 4.78 is 0. The van der Waals surface area contributed by atoms with Gasteiger partial charge in [-0.3, -0.25) is 0 Å². The highest BCUT2D eigenvalue weighted by Gasteiger charge is 2.06. The number of hydrogen-bond acceptors (Lipinski definition) is 0. The molecule has 0 atom stereocenters. The maximum Gasteiger partial charge on any atom is -0.0228 e. The highest BCUT2D eigenvalue weighted by atomic mass is 14.1. The average Bonchev–Trinajstić information content (AvgIpc) is 2.09. The minimum absolute atomic E-state index is 1.19. The summed E-state index contributed by atoms with van der Waals surface area (Å²) in [6, 6.07) is 0. The molecule has 0 radical (unpaired) electrons. The van der Waals surface area contributed by atoms with Gasteiger partial charge in [0.1, 0.15) is 0 Å². The Balaban J connectivity index is 3.06. The normalized spacial score (nSPS) is 17.3. The molecule has 1 aliphatic carbocycles. The molecule has 0 saturated carbocycles. The Morgan fingerprint density at radius 3 is 2.57 bits per heavy atom. The van der Waals surface area contributed by atoms with Crippen LogP contribution in [0.15, 0.2) is 46.6 Å². The van der Waals surface area contributed by atoms with Gasteiger partial charge in [-0.05, 0) is 51.7 Å². The van der Waals surface area contributed by atoms with Crippen LogP contribution in [0.1, 0.15) is 40.5 Å². The predicted molar refractivity (Wildman–Crippen MR) is 64.3 cm³/mol. The molecule has 0 fully saturated rings. The lowest BCUT2D eigenvalue weighted by Crippen LogP contribution is -1.94. The predicted octanol–water partition coefficient (Wildman–Crippen LogP) is 4.57. The first-order valence-corrected chi connectivity index (χ1v) is 5.31. The van der Waals surface area contributed by atoms with Crippen molar-refractivity contribution < 1.29 is 0 Å². The second-order valence-corrected chi connectivity index (χ2v) is 4.19. The molecule has 0 aromatic heterocycles. The van der Waals surface area contributed by atoms with E-state index in [0.717, 1.165) is 0 Å². The number of rotatable bonds is 2. The molecule has 0 aromatic carbocycles. The van der Waals surface area contributed by atoms with Gasteiger partial charge in [0.25, 0.3) is 0 Å². The molecular weight excluding hydrogens is 168 g/mol. The maximum atomic E-state index is 2.30. The summed E-state index contributed by atoms with van der Waals surface area (Å²) in [6.45, 7) is 8.60. The van der Waals surface area contributed by atoms with Crippen molar-refractivity contribution in [1.29, 1.82) is 0 Å². The molecule has 0 aliphatic heterocycles. The molecule has 0 amide bonds. The summed E-state index contributed by atoms with van der Waals surface area (Å²) in [7, 11) is 0. The summed E-state index contributed by atoms with van der Waals surface area (Å²) in [5.41, 5.74) is 5.74. The molecule has 0 unspecified atom stereocenters. The van der Waals surface area contributed by atoms with E-state index in [0.29, 0.717) is 0 Å². The molecular formula is C14H20. The van der Waals surface area contributed by atoms with E-state index >= 15 is 0 Å². The van der Waals surface area contributed by atoms with E-state index in [1.54, 1.807) is 0 Å². The zero-order valence-corrected chi connectivity index (χ0v) is 9.72. The molecule has 0 heteroatoms. The molecule has 0 heterocycles. The van der Waals surface area contributed by atoms with Crippen molar-refractivity contribution in [2.24, 2.45) is 0 Å². The number of hydrogen-bond donors (Lipinski definition) is 0. The van der Waals surface area contributed by atoms with Gasteiger partial charge >= 0.3 is 0 Å². The molecule has 76 valence electrons. The van der Waals surface area contributed by atoms with Gasteiger partial charge in [0.15, 0.2) is 0 Å². The Kier molecular flexibility index (Phi) is 3.94. The molecule has 0 spiro atoms. The van der Waals surface area contributed by atoms with Gasteiger partial charge in [-0.15, -0.1) is 0 Å². The Hall–Kier alpha value is -1.04. The first-order valence-electron chi connectivity index (χ1n) is 5.31. The van der Waals surface area contributed by atoms with Crippen LogP contribution in [-0.2, 0) is 0 Å². The van der Waals surface area contributed by atoms with Gasteiger partial charge in [-0.2, -0.15) is 0 Å². The third kappa shape index (κ3) is 3.02. The summed E-state index contributed by atoms with van der Waals surface area (Å²) in [6.07, 6.45) is 11.3. The summed E-state index contributed by atoms with van der Waals surface area (Å²) in [4.78, 5) is 0. The highest BCUT2D eigenvalue weighted by Crippen LogP contribution is 2.26. The highest BCUT2D eigenvalue weighted by molar-refractivity contribution is 5.45. The quantitative estimate of drug-likeness (QED) is 0.595. The minimum atomic E-state index is 1.19. The van der Waals surface area contributed by atoms with Crippen molar-refractivity contribution in [3.8, 4) is 0 Å². The fourth-order valence-corrected chi connectivity index (χ4v) is 1.75. The van der Waals surface area contributed by atoms with Crippen molar-refractivity contribution in [1.82, 2.24) is 0 Å². The lowest BCUT2D eigenvalue weighted by molar-refractivity contribution is 0.914. The second kappa shape index (κ2) is 4.99. The molecule has 0 N–H and O–H groups in total. The van der Waals surface area contributed by atoms with Crippen molar-refractivity contribution in [2.45, 2.75) is 40.5 Å². The molecule has 0 aromatic rings. The van der Waals surface area contributed by atoms with Crippen molar-refractivity contribution >= 4 is 0 Å². The van der Waals surface area contributed by atoms with Crippen LogP contribution in [0.2, 0.25) is 0 Å². The summed E-state index contributed by atoms with van der Waals surface area (Å²) >= 11 is 0. The Labute approximate surface area is 87.7 Å². The van der Waals surface area contributed by atoms with Crippen molar-refractivity contribution in [3.05, 3.63) is 46.6 Å². The van der Waals surface area contributed by atoms with Gasteiger partial charge in [0.2, 0.25) is 0 Å². The third-order valence-corrected chi connectivity index (χ3v) is 2.37. The molecule has 0 bridgehead atoms. The van der Waals surface area contributed by atoms with Gasteiger partial charge in [0, 0.05) is 0 Å².